The Morgan fingerprint density at radius 1 is 1.07 bits per heavy atom. The van der Waals surface area contributed by atoms with E-state index < -0.39 is 0 Å². The van der Waals surface area contributed by atoms with Crippen LogP contribution in [0.15, 0.2) is 46.9 Å². The second kappa shape index (κ2) is 8.78. The predicted molar refractivity (Wildman–Crippen MR) is 110 cm³/mol. The van der Waals surface area contributed by atoms with Crippen LogP contribution in [0.25, 0.3) is 21.3 Å². The Balaban J connectivity index is 1.47. The van der Waals surface area contributed by atoms with Crippen LogP contribution in [0, 0.1) is 5.82 Å². The van der Waals surface area contributed by atoms with Crippen LogP contribution < -0.4 is 9.44 Å². The van der Waals surface area contributed by atoms with E-state index in [4.69, 9.17) is 4.42 Å². The van der Waals surface area contributed by atoms with E-state index in [1.165, 1.54) is 24.3 Å². The molecule has 0 spiro atoms. The highest BCUT2D eigenvalue weighted by Crippen LogP contribution is 2.29. The number of thiazole rings is 1. The van der Waals surface area contributed by atoms with Crippen LogP contribution in [0.5, 0.6) is 0 Å². The summed E-state index contributed by atoms with van der Waals surface area (Å²) >= 11 is 2.98. The van der Waals surface area contributed by atoms with Gasteiger partial charge in [-0.15, -0.1) is 21.5 Å². The van der Waals surface area contributed by atoms with Gasteiger partial charge in [0, 0.05) is 18.7 Å². The lowest BCUT2D eigenvalue weighted by atomic mass is 10.1. The van der Waals surface area contributed by atoms with Gasteiger partial charge in [0.05, 0.1) is 23.2 Å². The maximum absolute atomic E-state index is 13.5. The van der Waals surface area contributed by atoms with Crippen molar-refractivity contribution in [3.63, 3.8) is 0 Å². The van der Waals surface area contributed by atoms with E-state index in [0.29, 0.717) is 24.7 Å². The summed E-state index contributed by atoms with van der Waals surface area (Å²) in [6.07, 6.45) is 0.488. The molecular weight excluding hydrogens is 397 g/mol. The van der Waals surface area contributed by atoms with Gasteiger partial charge in [-0.1, -0.05) is 25.1 Å². The minimum absolute atomic E-state index is 0.242. The molecule has 0 atom stereocenters. The van der Waals surface area contributed by atoms with Gasteiger partial charge in [0.2, 0.25) is 11.8 Å². The van der Waals surface area contributed by atoms with E-state index >= 15 is 0 Å². The van der Waals surface area contributed by atoms with Crippen LogP contribution in [0.4, 0.5) is 4.39 Å². The molecule has 2 N–H and O–H groups in total. The third-order valence-electron chi connectivity index (χ3n) is 3.91. The Hall–Kier alpha value is -2.33. The lowest BCUT2D eigenvalue weighted by molar-refractivity contribution is 0.455. The summed E-state index contributed by atoms with van der Waals surface area (Å²) in [5.74, 6) is 0.831. The molecule has 0 aliphatic heterocycles. The number of benzene rings is 2. The zero-order valence-corrected chi connectivity index (χ0v) is 16.7. The number of halogens is 1. The molecule has 0 bridgehead atoms. The van der Waals surface area contributed by atoms with E-state index in [1.54, 1.807) is 17.4 Å². The molecule has 4 rings (SSSR count). The Bertz CT molecular complexity index is 1080. The largest absolute Gasteiger partial charge is 0.423 e. The van der Waals surface area contributed by atoms with Crippen molar-refractivity contribution in [3.8, 4) is 11.1 Å². The molecule has 0 fully saturated rings. The molecule has 0 saturated carbocycles. The van der Waals surface area contributed by atoms with Crippen LogP contribution >= 0.6 is 23.5 Å². The first-order valence-electron chi connectivity index (χ1n) is 8.79. The number of hydrogen-bond donors (Lipinski definition) is 2. The molecule has 6 nitrogen and oxygen atoms in total. The SMILES string of the molecule is CCNSNCc1nnc(Cc2nc3ccc(-c4cccc(F)c4)cc3s2)o1. The first kappa shape index (κ1) is 19.0. The van der Waals surface area contributed by atoms with Gasteiger partial charge in [-0.3, -0.25) is 4.72 Å². The van der Waals surface area contributed by atoms with Crippen molar-refractivity contribution >= 4 is 33.7 Å². The third kappa shape index (κ3) is 4.56. The second-order valence-electron chi connectivity index (χ2n) is 5.99. The van der Waals surface area contributed by atoms with Crippen molar-refractivity contribution in [3.05, 3.63) is 65.1 Å². The van der Waals surface area contributed by atoms with Crippen LogP contribution in [-0.4, -0.2) is 21.7 Å². The molecule has 2 aromatic heterocycles. The first-order chi connectivity index (χ1) is 13.7. The van der Waals surface area contributed by atoms with E-state index in [0.717, 1.165) is 32.9 Å². The molecule has 144 valence electrons. The third-order valence-corrected chi connectivity index (χ3v) is 5.65. The fourth-order valence-corrected chi connectivity index (χ4v) is 4.12. The van der Waals surface area contributed by atoms with Crippen molar-refractivity contribution in [2.24, 2.45) is 0 Å². The maximum Gasteiger partial charge on any atom is 0.231 e. The topological polar surface area (TPSA) is 75.9 Å². The summed E-state index contributed by atoms with van der Waals surface area (Å²) in [7, 11) is 0. The minimum atomic E-state index is -0.242. The van der Waals surface area contributed by atoms with Crippen LogP contribution in [0.1, 0.15) is 23.7 Å². The Kier molecular flexibility index (Phi) is 5.96. The van der Waals surface area contributed by atoms with Crippen molar-refractivity contribution in [1.29, 1.82) is 0 Å². The van der Waals surface area contributed by atoms with E-state index in [9.17, 15) is 4.39 Å². The van der Waals surface area contributed by atoms with E-state index in [2.05, 4.69) is 24.6 Å². The molecule has 28 heavy (non-hydrogen) atoms. The van der Waals surface area contributed by atoms with Gasteiger partial charge >= 0.3 is 0 Å². The summed E-state index contributed by atoms with van der Waals surface area (Å²) in [6, 6.07) is 12.5. The number of aromatic nitrogens is 3. The Morgan fingerprint density at radius 2 is 1.93 bits per heavy atom. The van der Waals surface area contributed by atoms with Gasteiger partial charge < -0.3 is 4.42 Å². The van der Waals surface area contributed by atoms with Gasteiger partial charge in [0.15, 0.2) is 0 Å². The number of rotatable bonds is 8. The monoisotopic (exact) mass is 415 g/mol. The van der Waals surface area contributed by atoms with Crippen molar-refractivity contribution < 1.29 is 8.81 Å². The minimum Gasteiger partial charge on any atom is -0.423 e. The van der Waals surface area contributed by atoms with Crippen LogP contribution in [-0.2, 0) is 13.0 Å². The van der Waals surface area contributed by atoms with Gasteiger partial charge in [-0.2, -0.15) is 0 Å². The molecule has 0 radical (unpaired) electrons. The molecule has 0 aliphatic carbocycles. The van der Waals surface area contributed by atoms with Crippen molar-refractivity contribution in [2.75, 3.05) is 6.54 Å². The van der Waals surface area contributed by atoms with Gasteiger partial charge in [0.25, 0.3) is 0 Å². The second-order valence-corrected chi connectivity index (χ2v) is 7.88. The average Bonchev–Trinajstić information content (AvgIpc) is 3.31. The highest BCUT2D eigenvalue weighted by Gasteiger charge is 2.11. The summed E-state index contributed by atoms with van der Waals surface area (Å²) in [5, 5.41) is 9.04. The molecule has 9 heteroatoms. The molecular formula is C19H18FN5OS2. The fourth-order valence-electron chi connectivity index (χ4n) is 2.68. The number of hydrogen-bond acceptors (Lipinski definition) is 8. The van der Waals surface area contributed by atoms with Gasteiger partial charge in [0.1, 0.15) is 10.8 Å². The summed E-state index contributed by atoms with van der Waals surface area (Å²) in [4.78, 5) is 4.64. The van der Waals surface area contributed by atoms with Gasteiger partial charge in [-0.25, -0.2) is 14.1 Å². The normalized spacial score (nSPS) is 11.4. The smallest absolute Gasteiger partial charge is 0.231 e. The van der Waals surface area contributed by atoms with Crippen LogP contribution in [0.3, 0.4) is 0 Å². The highest BCUT2D eigenvalue weighted by molar-refractivity contribution is 7.95. The van der Waals surface area contributed by atoms with E-state index in [1.807, 2.05) is 31.2 Å². The fraction of sp³-hybridized carbons (Fsp3) is 0.211. The van der Waals surface area contributed by atoms with Crippen molar-refractivity contribution in [2.45, 2.75) is 19.9 Å². The number of fused-ring (bicyclic) bond motifs is 1. The summed E-state index contributed by atoms with van der Waals surface area (Å²) in [6.45, 7) is 3.38. The Morgan fingerprint density at radius 3 is 2.79 bits per heavy atom. The molecule has 2 aromatic carbocycles. The lowest BCUT2D eigenvalue weighted by Crippen LogP contribution is -2.12. The Labute approximate surface area is 169 Å². The number of nitrogens with one attached hydrogen (secondary N) is 2. The maximum atomic E-state index is 13.5. The predicted octanol–water partition coefficient (Wildman–Crippen LogP) is 4.34. The molecule has 0 aliphatic rings. The first-order valence-corrected chi connectivity index (χ1v) is 10.4. The van der Waals surface area contributed by atoms with Crippen molar-refractivity contribution in [1.82, 2.24) is 24.6 Å². The van der Waals surface area contributed by atoms with Crippen LogP contribution in [0.2, 0.25) is 0 Å². The molecule has 0 unspecified atom stereocenters. The van der Waals surface area contributed by atoms with E-state index in [-0.39, 0.29) is 5.82 Å². The summed E-state index contributed by atoms with van der Waals surface area (Å²) < 4.78 is 26.4. The average molecular weight is 416 g/mol. The zero-order valence-electron chi connectivity index (χ0n) is 15.1. The van der Waals surface area contributed by atoms with Gasteiger partial charge in [-0.05, 0) is 35.4 Å². The number of nitrogens with zero attached hydrogens (tertiary/aromatic N) is 3. The zero-order chi connectivity index (χ0) is 19.3. The summed E-state index contributed by atoms with van der Waals surface area (Å²) in [5.41, 5.74) is 2.72. The standard InChI is InChI=1S/C19H18FN5OS2/c1-2-21-28-22-11-18-25-24-17(26-18)10-19-23-15-7-6-13(9-16(15)27-19)12-4-3-5-14(20)8-12/h3-9,21-22H,2,10-11H2,1H3. The molecule has 4 aromatic rings. The molecule has 0 saturated heterocycles. The lowest BCUT2D eigenvalue weighted by Gasteiger charge is -2.01. The molecule has 0 amide bonds. The highest BCUT2D eigenvalue weighted by atomic mass is 32.2. The quantitative estimate of drug-likeness (QED) is 0.327. The molecule has 2 heterocycles.